The zero-order chi connectivity index (χ0) is 18.0. The maximum Gasteiger partial charge on any atom is 0.275 e. The van der Waals surface area contributed by atoms with E-state index in [1.54, 1.807) is 25.1 Å². The number of halogens is 1. The van der Waals surface area contributed by atoms with Crippen LogP contribution in [0.5, 0.6) is 0 Å². The fourth-order valence-corrected chi connectivity index (χ4v) is 2.75. The Morgan fingerprint density at radius 2 is 2.00 bits per heavy atom. The zero-order valence-electron chi connectivity index (χ0n) is 13.3. The molecule has 124 valence electrons. The van der Waals surface area contributed by atoms with Crippen LogP contribution in [0.15, 0.2) is 47.3 Å². The van der Waals surface area contributed by atoms with Crippen LogP contribution in [0.25, 0.3) is 10.8 Å². The van der Waals surface area contributed by atoms with E-state index in [9.17, 15) is 9.59 Å². The van der Waals surface area contributed by atoms with Gasteiger partial charge in [-0.05, 0) is 31.2 Å². The van der Waals surface area contributed by atoms with E-state index in [-0.39, 0.29) is 17.1 Å². The highest BCUT2D eigenvalue weighted by atomic mass is 35.5. The number of amides is 1. The van der Waals surface area contributed by atoms with Crippen LogP contribution >= 0.6 is 11.6 Å². The van der Waals surface area contributed by atoms with Gasteiger partial charge in [-0.25, -0.2) is 4.68 Å². The van der Waals surface area contributed by atoms with E-state index >= 15 is 0 Å². The summed E-state index contributed by atoms with van der Waals surface area (Å²) >= 11 is 5.94. The van der Waals surface area contributed by atoms with E-state index in [0.717, 1.165) is 10.1 Å². The van der Waals surface area contributed by atoms with Crippen LogP contribution in [0.2, 0.25) is 5.02 Å². The van der Waals surface area contributed by atoms with E-state index in [4.69, 9.17) is 16.9 Å². The summed E-state index contributed by atoms with van der Waals surface area (Å²) in [7, 11) is 0. The fourth-order valence-electron chi connectivity index (χ4n) is 2.53. The SMILES string of the molecule is Cc1nn(CC(=O)Nc2ccc(C#N)c(Cl)c2)c(=O)c2ccccc12. The van der Waals surface area contributed by atoms with Crippen molar-refractivity contribution < 1.29 is 4.79 Å². The van der Waals surface area contributed by atoms with Gasteiger partial charge in [-0.15, -0.1) is 0 Å². The maximum absolute atomic E-state index is 12.5. The van der Waals surface area contributed by atoms with Gasteiger partial charge in [-0.1, -0.05) is 29.8 Å². The first-order valence-corrected chi connectivity index (χ1v) is 7.83. The number of carbonyl (C=O) groups excluding carboxylic acids is 1. The zero-order valence-corrected chi connectivity index (χ0v) is 14.0. The summed E-state index contributed by atoms with van der Waals surface area (Å²) in [6, 6.07) is 13.7. The third-order valence-corrected chi connectivity index (χ3v) is 4.03. The highest BCUT2D eigenvalue weighted by Gasteiger charge is 2.11. The van der Waals surface area contributed by atoms with Gasteiger partial charge >= 0.3 is 0 Å². The molecule has 6 nitrogen and oxygen atoms in total. The van der Waals surface area contributed by atoms with Crippen LogP contribution in [0.1, 0.15) is 11.3 Å². The van der Waals surface area contributed by atoms with Crippen LogP contribution in [-0.4, -0.2) is 15.7 Å². The summed E-state index contributed by atoms with van der Waals surface area (Å²) in [4.78, 5) is 24.7. The van der Waals surface area contributed by atoms with Crippen LogP contribution in [-0.2, 0) is 11.3 Å². The highest BCUT2D eigenvalue weighted by molar-refractivity contribution is 6.32. The molecule has 3 aromatic rings. The average Bonchev–Trinajstić information content (AvgIpc) is 2.59. The van der Waals surface area contributed by atoms with Gasteiger partial charge in [0.05, 0.1) is 21.7 Å². The number of nitriles is 1. The normalized spacial score (nSPS) is 10.4. The van der Waals surface area contributed by atoms with Crippen molar-refractivity contribution in [2.45, 2.75) is 13.5 Å². The second-order valence-corrected chi connectivity index (χ2v) is 5.86. The molecule has 1 heterocycles. The number of carbonyl (C=O) groups is 1. The lowest BCUT2D eigenvalue weighted by Crippen LogP contribution is -2.30. The number of rotatable bonds is 3. The minimum atomic E-state index is -0.412. The van der Waals surface area contributed by atoms with Crippen molar-refractivity contribution in [3.8, 4) is 6.07 Å². The third kappa shape index (κ3) is 3.37. The molecule has 0 atom stereocenters. The molecule has 0 radical (unpaired) electrons. The number of fused-ring (bicyclic) bond motifs is 1. The molecule has 0 aliphatic rings. The Balaban J connectivity index is 1.85. The van der Waals surface area contributed by atoms with Crippen LogP contribution < -0.4 is 10.9 Å². The van der Waals surface area contributed by atoms with E-state index in [1.807, 2.05) is 18.2 Å². The Hall–Kier alpha value is -3.17. The lowest BCUT2D eigenvalue weighted by Gasteiger charge is -2.10. The Morgan fingerprint density at radius 3 is 2.68 bits per heavy atom. The summed E-state index contributed by atoms with van der Waals surface area (Å²) in [5.74, 6) is -0.412. The molecular formula is C18H13ClN4O2. The quantitative estimate of drug-likeness (QED) is 0.785. The predicted molar refractivity (Wildman–Crippen MR) is 95.5 cm³/mol. The van der Waals surface area contributed by atoms with Gasteiger partial charge in [0.15, 0.2) is 0 Å². The number of aryl methyl sites for hydroxylation is 1. The Bertz CT molecular complexity index is 1080. The smallest absolute Gasteiger partial charge is 0.275 e. The van der Waals surface area contributed by atoms with E-state index < -0.39 is 5.91 Å². The van der Waals surface area contributed by atoms with Crippen molar-refractivity contribution in [1.82, 2.24) is 9.78 Å². The molecule has 7 heteroatoms. The molecule has 1 amide bonds. The summed E-state index contributed by atoms with van der Waals surface area (Å²) in [5.41, 5.74) is 1.11. The number of aromatic nitrogens is 2. The number of nitrogens with zero attached hydrogens (tertiary/aromatic N) is 3. The molecule has 3 rings (SSSR count). The van der Waals surface area contributed by atoms with E-state index in [2.05, 4.69) is 10.4 Å². The Morgan fingerprint density at radius 1 is 1.28 bits per heavy atom. The van der Waals surface area contributed by atoms with Crippen molar-refractivity contribution in [1.29, 1.82) is 5.26 Å². The van der Waals surface area contributed by atoms with E-state index in [1.165, 1.54) is 12.1 Å². The first-order valence-electron chi connectivity index (χ1n) is 7.45. The van der Waals surface area contributed by atoms with Crippen molar-refractivity contribution in [3.63, 3.8) is 0 Å². The summed E-state index contributed by atoms with van der Waals surface area (Å²) < 4.78 is 1.14. The molecule has 0 spiro atoms. The summed E-state index contributed by atoms with van der Waals surface area (Å²) in [6.07, 6.45) is 0. The third-order valence-electron chi connectivity index (χ3n) is 3.72. The molecule has 0 aliphatic heterocycles. The molecule has 2 aromatic carbocycles. The van der Waals surface area contributed by atoms with E-state index in [0.29, 0.717) is 22.3 Å². The Labute approximate surface area is 148 Å². The van der Waals surface area contributed by atoms with Crippen molar-refractivity contribution in [3.05, 3.63) is 69.1 Å². The van der Waals surface area contributed by atoms with Crippen molar-refractivity contribution in [2.75, 3.05) is 5.32 Å². The summed E-state index contributed by atoms with van der Waals surface area (Å²) in [5, 5.41) is 17.2. The van der Waals surface area contributed by atoms with Crippen LogP contribution in [0.4, 0.5) is 5.69 Å². The Kier molecular flexibility index (Phi) is 4.50. The van der Waals surface area contributed by atoms with Crippen molar-refractivity contribution in [2.24, 2.45) is 0 Å². The maximum atomic E-state index is 12.5. The van der Waals surface area contributed by atoms with Crippen LogP contribution in [0, 0.1) is 18.3 Å². The number of benzene rings is 2. The number of nitrogens with one attached hydrogen (secondary N) is 1. The molecule has 0 aliphatic carbocycles. The average molecular weight is 353 g/mol. The van der Waals surface area contributed by atoms with Gasteiger partial charge < -0.3 is 5.32 Å². The second kappa shape index (κ2) is 6.75. The van der Waals surface area contributed by atoms with Gasteiger partial charge in [-0.3, -0.25) is 9.59 Å². The molecule has 0 saturated carbocycles. The number of hydrogen-bond donors (Lipinski definition) is 1. The van der Waals surface area contributed by atoms with Gasteiger partial charge in [-0.2, -0.15) is 10.4 Å². The lowest BCUT2D eigenvalue weighted by atomic mass is 10.1. The van der Waals surface area contributed by atoms with Gasteiger partial charge in [0.2, 0.25) is 5.91 Å². The number of anilines is 1. The lowest BCUT2D eigenvalue weighted by molar-refractivity contribution is -0.117. The molecule has 0 bridgehead atoms. The second-order valence-electron chi connectivity index (χ2n) is 5.45. The molecule has 0 saturated heterocycles. The fraction of sp³-hybridized carbons (Fsp3) is 0.111. The standard InChI is InChI=1S/C18H13ClN4O2/c1-11-14-4-2-3-5-15(14)18(25)23(22-11)10-17(24)21-13-7-6-12(9-20)16(19)8-13/h2-8H,10H2,1H3,(H,21,24). The van der Waals surface area contributed by atoms with Gasteiger partial charge in [0.25, 0.3) is 5.56 Å². The first kappa shape index (κ1) is 16.7. The van der Waals surface area contributed by atoms with Crippen molar-refractivity contribution >= 4 is 34.0 Å². The number of hydrogen-bond acceptors (Lipinski definition) is 4. The van der Waals surface area contributed by atoms with Crippen LogP contribution in [0.3, 0.4) is 0 Å². The highest BCUT2D eigenvalue weighted by Crippen LogP contribution is 2.20. The molecule has 25 heavy (non-hydrogen) atoms. The van der Waals surface area contributed by atoms with Gasteiger partial charge in [0.1, 0.15) is 12.6 Å². The molecular weight excluding hydrogens is 340 g/mol. The molecule has 0 fully saturated rings. The molecule has 0 unspecified atom stereocenters. The first-order chi connectivity index (χ1) is 12.0. The van der Waals surface area contributed by atoms with Gasteiger partial charge in [0, 0.05) is 11.1 Å². The predicted octanol–water partition coefficient (Wildman–Crippen LogP) is 2.87. The minimum absolute atomic E-state index is 0.220. The largest absolute Gasteiger partial charge is 0.324 e. The molecule has 1 aromatic heterocycles. The summed E-state index contributed by atoms with van der Waals surface area (Å²) in [6.45, 7) is 1.57. The topological polar surface area (TPSA) is 87.8 Å². The molecule has 1 N–H and O–H groups in total. The monoisotopic (exact) mass is 352 g/mol. The minimum Gasteiger partial charge on any atom is -0.324 e.